The van der Waals surface area contributed by atoms with Gasteiger partial charge < -0.3 is 14.6 Å². The van der Waals surface area contributed by atoms with Crippen molar-refractivity contribution >= 4 is 0 Å². The van der Waals surface area contributed by atoms with E-state index in [0.717, 1.165) is 0 Å². The van der Waals surface area contributed by atoms with E-state index in [9.17, 15) is 0 Å². The number of aliphatic hydroxyl groups is 1. The fraction of sp³-hybridized carbons (Fsp3) is 0.417. The second-order valence-corrected chi connectivity index (χ2v) is 3.13. The average molecular weight is 221 g/mol. The Labute approximate surface area is 95.0 Å². The number of rotatable bonds is 6. The SMILES string of the molecule is CCOc1cc(C#N)ccc1OCCCO. The molecule has 0 amide bonds. The van der Waals surface area contributed by atoms with Crippen LogP contribution in [0.4, 0.5) is 0 Å². The van der Waals surface area contributed by atoms with Gasteiger partial charge in [-0.2, -0.15) is 5.26 Å². The van der Waals surface area contributed by atoms with E-state index in [1.165, 1.54) is 0 Å². The van der Waals surface area contributed by atoms with Crippen molar-refractivity contribution < 1.29 is 14.6 Å². The smallest absolute Gasteiger partial charge is 0.162 e. The van der Waals surface area contributed by atoms with Crippen molar-refractivity contribution in [3.05, 3.63) is 23.8 Å². The van der Waals surface area contributed by atoms with Crippen LogP contribution in [-0.2, 0) is 0 Å². The summed E-state index contributed by atoms with van der Waals surface area (Å²) in [4.78, 5) is 0. The molecule has 0 bridgehead atoms. The van der Waals surface area contributed by atoms with Crippen molar-refractivity contribution in [1.29, 1.82) is 5.26 Å². The maximum Gasteiger partial charge on any atom is 0.162 e. The first-order chi connectivity index (χ1) is 7.81. The summed E-state index contributed by atoms with van der Waals surface area (Å²) in [5.41, 5.74) is 0.540. The van der Waals surface area contributed by atoms with Gasteiger partial charge in [-0.05, 0) is 19.1 Å². The molecule has 4 heteroatoms. The molecule has 0 saturated heterocycles. The Hall–Kier alpha value is -1.73. The van der Waals surface area contributed by atoms with E-state index >= 15 is 0 Å². The largest absolute Gasteiger partial charge is 0.490 e. The molecule has 1 aromatic carbocycles. The van der Waals surface area contributed by atoms with Gasteiger partial charge in [-0.25, -0.2) is 0 Å². The van der Waals surface area contributed by atoms with Crippen molar-refractivity contribution in [2.24, 2.45) is 0 Å². The monoisotopic (exact) mass is 221 g/mol. The molecular formula is C12H15NO3. The zero-order valence-electron chi connectivity index (χ0n) is 9.27. The highest BCUT2D eigenvalue weighted by molar-refractivity contribution is 5.46. The summed E-state index contributed by atoms with van der Waals surface area (Å²) in [5.74, 6) is 1.17. The van der Waals surface area contributed by atoms with Gasteiger partial charge in [-0.1, -0.05) is 0 Å². The Bertz CT molecular complexity index is 371. The van der Waals surface area contributed by atoms with Crippen molar-refractivity contribution in [3.8, 4) is 17.6 Å². The van der Waals surface area contributed by atoms with E-state index in [1.807, 2.05) is 13.0 Å². The fourth-order valence-electron chi connectivity index (χ4n) is 1.21. The zero-order valence-corrected chi connectivity index (χ0v) is 9.27. The molecule has 1 aromatic rings. The summed E-state index contributed by atoms with van der Waals surface area (Å²) in [6.07, 6.45) is 0.575. The molecule has 86 valence electrons. The molecule has 0 radical (unpaired) electrons. The third-order valence-electron chi connectivity index (χ3n) is 1.93. The van der Waals surface area contributed by atoms with E-state index in [0.29, 0.717) is 36.7 Å². The van der Waals surface area contributed by atoms with Crippen LogP contribution in [0.2, 0.25) is 0 Å². The maximum absolute atomic E-state index is 8.76. The lowest BCUT2D eigenvalue weighted by Gasteiger charge is -2.11. The van der Waals surface area contributed by atoms with Gasteiger partial charge >= 0.3 is 0 Å². The summed E-state index contributed by atoms with van der Waals surface area (Å²) < 4.78 is 10.8. The molecule has 1 N–H and O–H groups in total. The normalized spacial score (nSPS) is 9.56. The van der Waals surface area contributed by atoms with Gasteiger partial charge in [0.05, 0.1) is 24.8 Å². The number of aliphatic hydroxyl groups excluding tert-OH is 1. The third kappa shape index (κ3) is 3.44. The molecule has 0 aliphatic heterocycles. The van der Waals surface area contributed by atoms with E-state index in [4.69, 9.17) is 19.8 Å². The highest BCUT2D eigenvalue weighted by Gasteiger charge is 2.05. The van der Waals surface area contributed by atoms with Crippen LogP contribution in [0.5, 0.6) is 11.5 Å². The number of nitriles is 1. The number of hydrogen-bond donors (Lipinski definition) is 1. The molecule has 0 heterocycles. The molecule has 0 spiro atoms. The Morgan fingerprint density at radius 3 is 2.75 bits per heavy atom. The number of benzene rings is 1. The molecule has 0 aliphatic carbocycles. The summed E-state index contributed by atoms with van der Waals surface area (Å²) in [6.45, 7) is 2.92. The van der Waals surface area contributed by atoms with Crippen molar-refractivity contribution in [1.82, 2.24) is 0 Å². The first kappa shape index (κ1) is 12.3. The zero-order chi connectivity index (χ0) is 11.8. The van der Waals surface area contributed by atoms with Crippen LogP contribution in [0.1, 0.15) is 18.9 Å². The van der Waals surface area contributed by atoms with Gasteiger partial charge in [0.15, 0.2) is 11.5 Å². The van der Waals surface area contributed by atoms with Gasteiger partial charge in [-0.15, -0.1) is 0 Å². The van der Waals surface area contributed by atoms with Gasteiger partial charge in [0.25, 0.3) is 0 Å². The molecule has 0 atom stereocenters. The molecule has 0 aliphatic rings. The predicted octanol–water partition coefficient (Wildman–Crippen LogP) is 1.72. The quantitative estimate of drug-likeness (QED) is 0.743. The summed E-state index contributed by atoms with van der Waals surface area (Å²) in [5, 5.41) is 17.4. The van der Waals surface area contributed by atoms with Crippen LogP contribution in [0, 0.1) is 11.3 Å². The molecular weight excluding hydrogens is 206 g/mol. The molecule has 4 nitrogen and oxygen atoms in total. The van der Waals surface area contributed by atoms with Gasteiger partial charge in [0.2, 0.25) is 0 Å². The lowest BCUT2D eigenvalue weighted by Crippen LogP contribution is -2.02. The summed E-state index contributed by atoms with van der Waals surface area (Å²) >= 11 is 0. The Morgan fingerprint density at radius 2 is 2.12 bits per heavy atom. The van der Waals surface area contributed by atoms with E-state index < -0.39 is 0 Å². The summed E-state index contributed by atoms with van der Waals surface area (Å²) in [6, 6.07) is 7.08. The highest BCUT2D eigenvalue weighted by Crippen LogP contribution is 2.28. The topological polar surface area (TPSA) is 62.5 Å². The maximum atomic E-state index is 8.76. The predicted molar refractivity (Wildman–Crippen MR) is 59.5 cm³/mol. The second-order valence-electron chi connectivity index (χ2n) is 3.13. The molecule has 1 rings (SSSR count). The number of ether oxygens (including phenoxy) is 2. The fourth-order valence-corrected chi connectivity index (χ4v) is 1.21. The number of nitrogens with zero attached hydrogens (tertiary/aromatic N) is 1. The van der Waals surface area contributed by atoms with Crippen LogP contribution in [0.25, 0.3) is 0 Å². The Morgan fingerprint density at radius 1 is 1.31 bits per heavy atom. The summed E-state index contributed by atoms with van der Waals surface area (Å²) in [7, 11) is 0. The Balaban J connectivity index is 2.77. The van der Waals surface area contributed by atoms with Crippen molar-refractivity contribution in [2.45, 2.75) is 13.3 Å². The first-order valence-corrected chi connectivity index (χ1v) is 5.22. The van der Waals surface area contributed by atoms with E-state index in [-0.39, 0.29) is 6.61 Å². The number of hydrogen-bond acceptors (Lipinski definition) is 4. The van der Waals surface area contributed by atoms with Crippen molar-refractivity contribution in [3.63, 3.8) is 0 Å². The highest BCUT2D eigenvalue weighted by atomic mass is 16.5. The first-order valence-electron chi connectivity index (χ1n) is 5.22. The lowest BCUT2D eigenvalue weighted by molar-refractivity contribution is 0.225. The standard InChI is InChI=1S/C12H15NO3/c1-2-15-12-8-10(9-13)4-5-11(12)16-7-3-6-14/h4-5,8,14H,2-3,6-7H2,1H3. The van der Waals surface area contributed by atoms with Gasteiger partial charge in [0.1, 0.15) is 0 Å². The van der Waals surface area contributed by atoms with Crippen molar-refractivity contribution in [2.75, 3.05) is 19.8 Å². The van der Waals surface area contributed by atoms with E-state index in [2.05, 4.69) is 0 Å². The minimum absolute atomic E-state index is 0.0975. The molecule has 0 aromatic heterocycles. The van der Waals surface area contributed by atoms with Crippen LogP contribution >= 0.6 is 0 Å². The molecule has 0 fully saturated rings. The minimum atomic E-state index is 0.0975. The minimum Gasteiger partial charge on any atom is -0.490 e. The molecule has 16 heavy (non-hydrogen) atoms. The molecule has 0 saturated carbocycles. The average Bonchev–Trinajstić information content (AvgIpc) is 2.31. The van der Waals surface area contributed by atoms with E-state index in [1.54, 1.807) is 18.2 Å². The van der Waals surface area contributed by atoms with Crippen LogP contribution in [0.15, 0.2) is 18.2 Å². The van der Waals surface area contributed by atoms with Crippen LogP contribution in [-0.4, -0.2) is 24.9 Å². The third-order valence-corrected chi connectivity index (χ3v) is 1.93. The van der Waals surface area contributed by atoms with Crippen LogP contribution < -0.4 is 9.47 Å². The Kier molecular flexibility index (Phi) is 5.17. The van der Waals surface area contributed by atoms with Gasteiger partial charge in [0, 0.05) is 19.1 Å². The second kappa shape index (κ2) is 6.70. The lowest BCUT2D eigenvalue weighted by atomic mass is 10.2. The molecule has 0 unspecified atom stereocenters. The van der Waals surface area contributed by atoms with Crippen LogP contribution in [0.3, 0.4) is 0 Å². The van der Waals surface area contributed by atoms with Gasteiger partial charge in [-0.3, -0.25) is 0 Å².